The van der Waals surface area contributed by atoms with Crippen molar-refractivity contribution in [3.8, 4) is 0 Å². The van der Waals surface area contributed by atoms with Crippen LogP contribution in [0.15, 0.2) is 71.8 Å². The zero-order chi connectivity index (χ0) is 22.0. The summed E-state index contributed by atoms with van der Waals surface area (Å²) in [5.74, 6) is -1.19. The summed E-state index contributed by atoms with van der Waals surface area (Å²) in [5, 5.41) is 0. The first-order valence-corrected chi connectivity index (χ1v) is 11.0. The van der Waals surface area contributed by atoms with Crippen LogP contribution in [0.1, 0.15) is 32.0 Å². The maximum Gasteiger partial charge on any atom is 0.280 e. The fourth-order valence-corrected chi connectivity index (χ4v) is 4.27. The summed E-state index contributed by atoms with van der Waals surface area (Å²) in [6.07, 6.45) is 1.85. The number of hydrogen-bond donors (Lipinski definition) is 1. The Bertz CT molecular complexity index is 1210. The molecule has 1 N–H and O–H groups in total. The van der Waals surface area contributed by atoms with Crippen molar-refractivity contribution in [1.82, 2.24) is 14.6 Å². The predicted molar refractivity (Wildman–Crippen MR) is 110 cm³/mol. The third-order valence-electron chi connectivity index (χ3n) is 4.97. The van der Waals surface area contributed by atoms with E-state index in [1.54, 1.807) is 24.3 Å². The summed E-state index contributed by atoms with van der Waals surface area (Å²) in [6, 6.07) is 14.9. The van der Waals surface area contributed by atoms with E-state index in [4.69, 9.17) is 0 Å². The molecule has 31 heavy (non-hydrogen) atoms. The van der Waals surface area contributed by atoms with Gasteiger partial charge in [0.25, 0.3) is 11.8 Å². The van der Waals surface area contributed by atoms with E-state index in [0.717, 1.165) is 10.5 Å². The van der Waals surface area contributed by atoms with E-state index in [1.807, 2.05) is 0 Å². The van der Waals surface area contributed by atoms with Crippen LogP contribution in [0.4, 0.5) is 4.39 Å². The monoisotopic (exact) mass is 439 g/mol. The minimum atomic E-state index is -3.74. The van der Waals surface area contributed by atoms with Crippen molar-refractivity contribution in [2.45, 2.75) is 17.9 Å². The van der Waals surface area contributed by atoms with Gasteiger partial charge < -0.3 is 0 Å². The van der Waals surface area contributed by atoms with Gasteiger partial charge in [-0.3, -0.25) is 19.5 Å². The van der Waals surface area contributed by atoms with Crippen LogP contribution < -0.4 is 4.72 Å². The standard InChI is InChI=1S/C22H18FN3O4S/c23-17-7-3-16(4-8-17)14-25-31(29,30)18-9-5-15(6-10-18)11-13-26-21(27)19-2-1-12-24-20(19)22(26)28/h1-10,12,25H,11,13-14H2. The Labute approximate surface area is 178 Å². The van der Waals surface area contributed by atoms with Crippen LogP contribution in [0.25, 0.3) is 0 Å². The zero-order valence-corrected chi connectivity index (χ0v) is 17.1. The van der Waals surface area contributed by atoms with Crippen molar-refractivity contribution >= 4 is 21.8 Å². The summed E-state index contributed by atoms with van der Waals surface area (Å²) >= 11 is 0. The Balaban J connectivity index is 1.37. The minimum absolute atomic E-state index is 0.0398. The lowest BCUT2D eigenvalue weighted by Gasteiger charge is -2.13. The minimum Gasteiger partial charge on any atom is -0.273 e. The topological polar surface area (TPSA) is 96.4 Å². The second kappa shape index (κ2) is 8.37. The second-order valence-corrected chi connectivity index (χ2v) is 8.77. The van der Waals surface area contributed by atoms with Crippen molar-refractivity contribution in [2.75, 3.05) is 6.54 Å². The van der Waals surface area contributed by atoms with Gasteiger partial charge in [0.2, 0.25) is 10.0 Å². The largest absolute Gasteiger partial charge is 0.280 e. The van der Waals surface area contributed by atoms with Crippen LogP contribution in [-0.4, -0.2) is 36.7 Å². The fourth-order valence-electron chi connectivity index (χ4n) is 3.26. The SMILES string of the molecule is O=C1c2cccnc2C(=O)N1CCc1ccc(S(=O)(=O)NCc2ccc(F)cc2)cc1. The number of sulfonamides is 1. The molecule has 2 amide bonds. The number of carbonyl (C=O) groups excluding carboxylic acids is 2. The third-order valence-corrected chi connectivity index (χ3v) is 6.39. The van der Waals surface area contributed by atoms with Gasteiger partial charge in [-0.1, -0.05) is 24.3 Å². The molecule has 9 heteroatoms. The van der Waals surface area contributed by atoms with E-state index in [1.165, 1.54) is 42.6 Å². The molecule has 2 aromatic carbocycles. The summed E-state index contributed by atoms with van der Waals surface area (Å²) < 4.78 is 40.4. The van der Waals surface area contributed by atoms with Gasteiger partial charge in [0, 0.05) is 19.3 Å². The molecule has 0 aliphatic carbocycles. The van der Waals surface area contributed by atoms with Crippen LogP contribution in [0, 0.1) is 5.82 Å². The van der Waals surface area contributed by atoms with Crippen molar-refractivity contribution in [1.29, 1.82) is 0 Å². The molecule has 0 saturated carbocycles. The highest BCUT2D eigenvalue weighted by molar-refractivity contribution is 7.89. The van der Waals surface area contributed by atoms with Crippen molar-refractivity contribution in [2.24, 2.45) is 0 Å². The van der Waals surface area contributed by atoms with Gasteiger partial charge in [-0.2, -0.15) is 0 Å². The van der Waals surface area contributed by atoms with E-state index in [2.05, 4.69) is 9.71 Å². The molecule has 0 radical (unpaired) electrons. The average molecular weight is 439 g/mol. The van der Waals surface area contributed by atoms with Crippen LogP contribution in [-0.2, 0) is 23.0 Å². The Morgan fingerprint density at radius 2 is 1.58 bits per heavy atom. The van der Waals surface area contributed by atoms with Crippen molar-refractivity contribution in [3.05, 3.63) is 95.1 Å². The van der Waals surface area contributed by atoms with E-state index in [-0.39, 0.29) is 35.4 Å². The smallest absolute Gasteiger partial charge is 0.273 e. The number of fused-ring (bicyclic) bond motifs is 1. The Kier molecular flexibility index (Phi) is 5.62. The van der Waals surface area contributed by atoms with Crippen LogP contribution in [0.3, 0.4) is 0 Å². The van der Waals surface area contributed by atoms with E-state index >= 15 is 0 Å². The first-order valence-electron chi connectivity index (χ1n) is 9.49. The molecule has 0 bridgehead atoms. The summed E-state index contributed by atoms with van der Waals surface area (Å²) in [7, 11) is -3.74. The highest BCUT2D eigenvalue weighted by Gasteiger charge is 2.36. The number of pyridine rings is 1. The fraction of sp³-hybridized carbons (Fsp3) is 0.136. The van der Waals surface area contributed by atoms with E-state index in [0.29, 0.717) is 17.5 Å². The first kappa shape index (κ1) is 20.8. The van der Waals surface area contributed by atoms with Crippen molar-refractivity contribution in [3.63, 3.8) is 0 Å². The van der Waals surface area contributed by atoms with Gasteiger partial charge >= 0.3 is 0 Å². The molecule has 158 valence electrons. The van der Waals surface area contributed by atoms with Gasteiger partial charge in [-0.15, -0.1) is 0 Å². The summed E-state index contributed by atoms with van der Waals surface area (Å²) in [4.78, 5) is 29.9. The van der Waals surface area contributed by atoms with Gasteiger partial charge in [0.1, 0.15) is 11.5 Å². The predicted octanol–water partition coefficient (Wildman–Crippen LogP) is 2.54. The lowest BCUT2D eigenvalue weighted by atomic mass is 10.1. The van der Waals surface area contributed by atoms with Crippen LogP contribution in [0.2, 0.25) is 0 Å². The van der Waals surface area contributed by atoms with E-state index < -0.39 is 15.9 Å². The molecule has 2 heterocycles. The Morgan fingerprint density at radius 3 is 2.26 bits per heavy atom. The quantitative estimate of drug-likeness (QED) is 0.571. The molecule has 1 aliphatic heterocycles. The summed E-state index contributed by atoms with van der Waals surface area (Å²) in [5.41, 5.74) is 1.86. The number of carbonyl (C=O) groups is 2. The first-order chi connectivity index (χ1) is 14.8. The number of benzene rings is 2. The molecular formula is C22H18FN3O4S. The number of imide groups is 1. The second-order valence-electron chi connectivity index (χ2n) is 7.01. The molecule has 0 saturated heterocycles. The molecule has 0 fully saturated rings. The molecule has 4 rings (SSSR count). The Hall–Kier alpha value is -3.43. The molecule has 1 aromatic heterocycles. The molecule has 0 spiro atoms. The molecule has 7 nitrogen and oxygen atoms in total. The number of halogens is 1. The third kappa shape index (κ3) is 4.37. The van der Waals surface area contributed by atoms with E-state index in [9.17, 15) is 22.4 Å². The lowest BCUT2D eigenvalue weighted by molar-refractivity contribution is 0.0654. The maximum atomic E-state index is 13.0. The molecule has 0 atom stereocenters. The number of amides is 2. The number of nitrogens with one attached hydrogen (secondary N) is 1. The van der Waals surface area contributed by atoms with Gasteiger partial charge in [-0.25, -0.2) is 17.5 Å². The normalized spacial score (nSPS) is 13.5. The molecule has 3 aromatic rings. The lowest BCUT2D eigenvalue weighted by Crippen LogP contribution is -2.31. The van der Waals surface area contributed by atoms with Gasteiger partial charge in [0.15, 0.2) is 0 Å². The molecular weight excluding hydrogens is 421 g/mol. The average Bonchev–Trinajstić information content (AvgIpc) is 3.02. The van der Waals surface area contributed by atoms with Gasteiger partial charge in [0.05, 0.1) is 10.5 Å². The molecule has 0 unspecified atom stereocenters. The van der Waals surface area contributed by atoms with Gasteiger partial charge in [-0.05, 0) is 53.9 Å². The Morgan fingerprint density at radius 1 is 0.903 bits per heavy atom. The highest BCUT2D eigenvalue weighted by Crippen LogP contribution is 2.21. The molecule has 1 aliphatic rings. The summed E-state index contributed by atoms with van der Waals surface area (Å²) in [6.45, 7) is 0.209. The van der Waals surface area contributed by atoms with Crippen LogP contribution in [0.5, 0.6) is 0 Å². The highest BCUT2D eigenvalue weighted by atomic mass is 32.2. The number of nitrogens with zero attached hydrogens (tertiary/aromatic N) is 2. The van der Waals surface area contributed by atoms with Crippen LogP contribution >= 0.6 is 0 Å². The maximum absolute atomic E-state index is 13.0. The number of aromatic nitrogens is 1. The number of rotatable bonds is 7. The zero-order valence-electron chi connectivity index (χ0n) is 16.3. The van der Waals surface area contributed by atoms with Crippen molar-refractivity contribution < 1.29 is 22.4 Å². The number of hydrogen-bond acceptors (Lipinski definition) is 5.